The van der Waals surface area contributed by atoms with Gasteiger partial charge in [-0.1, -0.05) is 41.6 Å². The molecule has 0 unspecified atom stereocenters. The molecule has 3 nitrogen and oxygen atoms in total. The summed E-state index contributed by atoms with van der Waals surface area (Å²) in [7, 11) is 0. The van der Waals surface area contributed by atoms with Crippen molar-refractivity contribution in [3.8, 4) is 0 Å². The molecule has 0 aliphatic heterocycles. The fourth-order valence-electron chi connectivity index (χ4n) is 2.00. The van der Waals surface area contributed by atoms with Crippen molar-refractivity contribution < 1.29 is 9.90 Å². The fraction of sp³-hybridized carbons (Fsp3) is 0. The van der Waals surface area contributed by atoms with E-state index in [1.807, 2.05) is 36.4 Å². The van der Waals surface area contributed by atoms with Crippen LogP contribution in [-0.2, 0) is 0 Å². The van der Waals surface area contributed by atoms with Crippen LogP contribution in [0.3, 0.4) is 0 Å². The molecule has 0 radical (unpaired) electrons. The average Bonchev–Trinajstić information content (AvgIpc) is 2.49. The van der Waals surface area contributed by atoms with Crippen LogP contribution in [0, 0.1) is 0 Å². The lowest BCUT2D eigenvalue weighted by atomic mass is 10.1. The van der Waals surface area contributed by atoms with Crippen LogP contribution < -0.4 is 0 Å². The normalized spacial score (nSPS) is 10.7. The predicted octanol–water partition coefficient (Wildman–Crippen LogP) is 4.74. The molecule has 5 heteroatoms. The van der Waals surface area contributed by atoms with Crippen LogP contribution in [0.5, 0.6) is 0 Å². The standard InChI is InChI=1S/C16H10ClNO2S/c17-10-5-7-11(8-6-10)21-15-12-3-1-2-4-14(12)18-9-13(15)16(19)20/h1-9H,(H,19,20). The summed E-state index contributed by atoms with van der Waals surface area (Å²) in [6, 6.07) is 14.8. The van der Waals surface area contributed by atoms with Gasteiger partial charge in [0.05, 0.1) is 11.1 Å². The lowest BCUT2D eigenvalue weighted by Gasteiger charge is -2.09. The number of halogens is 1. The van der Waals surface area contributed by atoms with Crippen molar-refractivity contribution in [1.29, 1.82) is 0 Å². The molecule has 0 fully saturated rings. The van der Waals surface area contributed by atoms with E-state index < -0.39 is 5.97 Å². The monoisotopic (exact) mass is 315 g/mol. The lowest BCUT2D eigenvalue weighted by Crippen LogP contribution is -2.00. The van der Waals surface area contributed by atoms with Gasteiger partial charge in [-0.05, 0) is 30.3 Å². The minimum Gasteiger partial charge on any atom is -0.478 e. The Kier molecular flexibility index (Phi) is 3.82. The highest BCUT2D eigenvalue weighted by atomic mass is 35.5. The molecule has 0 amide bonds. The Morgan fingerprint density at radius 3 is 2.52 bits per heavy atom. The van der Waals surface area contributed by atoms with E-state index in [4.69, 9.17) is 11.6 Å². The second-order valence-corrected chi connectivity index (χ2v) is 5.90. The fourth-order valence-corrected chi connectivity index (χ4v) is 3.17. The van der Waals surface area contributed by atoms with E-state index >= 15 is 0 Å². The maximum atomic E-state index is 11.4. The largest absolute Gasteiger partial charge is 0.478 e. The van der Waals surface area contributed by atoms with E-state index in [1.54, 1.807) is 12.1 Å². The summed E-state index contributed by atoms with van der Waals surface area (Å²) < 4.78 is 0. The zero-order chi connectivity index (χ0) is 14.8. The summed E-state index contributed by atoms with van der Waals surface area (Å²) in [5, 5.41) is 10.9. The molecular formula is C16H10ClNO2S. The number of aromatic nitrogens is 1. The van der Waals surface area contributed by atoms with Crippen molar-refractivity contribution in [3.63, 3.8) is 0 Å². The van der Waals surface area contributed by atoms with Gasteiger partial charge in [0.15, 0.2) is 0 Å². The lowest BCUT2D eigenvalue weighted by molar-refractivity contribution is 0.0693. The molecule has 2 aromatic carbocycles. The first kappa shape index (κ1) is 13.9. The Balaban J connectivity index is 2.16. The maximum absolute atomic E-state index is 11.4. The van der Waals surface area contributed by atoms with Gasteiger partial charge in [0, 0.05) is 26.4 Å². The van der Waals surface area contributed by atoms with Crippen LogP contribution in [0.2, 0.25) is 5.02 Å². The van der Waals surface area contributed by atoms with Crippen LogP contribution >= 0.6 is 23.4 Å². The Labute approximate surface area is 130 Å². The quantitative estimate of drug-likeness (QED) is 0.758. The van der Waals surface area contributed by atoms with Crippen LogP contribution in [0.4, 0.5) is 0 Å². The zero-order valence-corrected chi connectivity index (χ0v) is 12.4. The van der Waals surface area contributed by atoms with Gasteiger partial charge < -0.3 is 5.11 Å². The van der Waals surface area contributed by atoms with Gasteiger partial charge in [-0.15, -0.1) is 0 Å². The SMILES string of the molecule is O=C(O)c1cnc2ccccc2c1Sc1ccc(Cl)cc1. The van der Waals surface area contributed by atoms with E-state index in [-0.39, 0.29) is 5.56 Å². The molecule has 0 aliphatic carbocycles. The Morgan fingerprint density at radius 1 is 1.10 bits per heavy atom. The molecule has 3 rings (SSSR count). The minimum absolute atomic E-state index is 0.202. The first-order chi connectivity index (χ1) is 10.1. The molecule has 104 valence electrons. The summed E-state index contributed by atoms with van der Waals surface area (Å²) in [4.78, 5) is 17.3. The molecule has 0 saturated carbocycles. The van der Waals surface area contributed by atoms with Gasteiger partial charge in [-0.25, -0.2) is 4.79 Å². The van der Waals surface area contributed by atoms with Crippen LogP contribution in [0.25, 0.3) is 10.9 Å². The topological polar surface area (TPSA) is 50.2 Å². The molecule has 21 heavy (non-hydrogen) atoms. The highest BCUT2D eigenvalue weighted by molar-refractivity contribution is 7.99. The number of carboxylic acid groups (broad SMARTS) is 1. The van der Waals surface area contributed by atoms with Gasteiger partial charge in [0.2, 0.25) is 0 Å². The summed E-state index contributed by atoms with van der Waals surface area (Å²) >= 11 is 7.28. The number of fused-ring (bicyclic) bond motifs is 1. The van der Waals surface area contributed by atoms with Crippen LogP contribution in [0.15, 0.2) is 64.5 Å². The number of nitrogens with zero attached hydrogens (tertiary/aromatic N) is 1. The van der Waals surface area contributed by atoms with Gasteiger partial charge in [0.25, 0.3) is 0 Å². The second kappa shape index (κ2) is 5.76. The Morgan fingerprint density at radius 2 is 1.81 bits per heavy atom. The highest BCUT2D eigenvalue weighted by Crippen LogP contribution is 2.36. The smallest absolute Gasteiger partial charge is 0.338 e. The molecular weight excluding hydrogens is 306 g/mol. The molecule has 0 aliphatic rings. The number of pyridine rings is 1. The zero-order valence-electron chi connectivity index (χ0n) is 10.8. The highest BCUT2D eigenvalue weighted by Gasteiger charge is 2.15. The molecule has 1 aromatic heterocycles. The molecule has 3 aromatic rings. The number of carboxylic acids is 1. The first-order valence-corrected chi connectivity index (χ1v) is 7.39. The number of carbonyl (C=O) groups is 1. The average molecular weight is 316 g/mol. The van der Waals surface area contributed by atoms with E-state index in [0.717, 1.165) is 15.8 Å². The van der Waals surface area contributed by atoms with E-state index in [1.165, 1.54) is 18.0 Å². The summed E-state index contributed by atoms with van der Waals surface area (Å²) in [6.45, 7) is 0. The number of hydrogen-bond donors (Lipinski definition) is 1. The third-order valence-electron chi connectivity index (χ3n) is 2.99. The van der Waals surface area contributed by atoms with Crippen molar-refractivity contribution in [2.24, 2.45) is 0 Å². The van der Waals surface area contributed by atoms with Gasteiger partial charge in [-0.2, -0.15) is 0 Å². The minimum atomic E-state index is -0.982. The maximum Gasteiger partial charge on any atom is 0.338 e. The number of para-hydroxylation sites is 1. The van der Waals surface area contributed by atoms with Gasteiger partial charge in [-0.3, -0.25) is 4.98 Å². The van der Waals surface area contributed by atoms with E-state index in [9.17, 15) is 9.90 Å². The Bertz CT molecular complexity index is 818. The number of benzene rings is 2. The van der Waals surface area contributed by atoms with Crippen molar-refractivity contribution in [1.82, 2.24) is 4.98 Å². The number of hydrogen-bond acceptors (Lipinski definition) is 3. The summed E-state index contributed by atoms with van der Waals surface area (Å²) in [5.74, 6) is -0.982. The summed E-state index contributed by atoms with van der Waals surface area (Å²) in [6.07, 6.45) is 1.41. The van der Waals surface area contributed by atoms with E-state index in [0.29, 0.717) is 9.92 Å². The van der Waals surface area contributed by atoms with Crippen molar-refractivity contribution >= 4 is 40.2 Å². The number of aromatic carboxylic acids is 1. The molecule has 0 bridgehead atoms. The number of rotatable bonds is 3. The molecule has 1 heterocycles. The molecule has 1 N–H and O–H groups in total. The van der Waals surface area contributed by atoms with Gasteiger partial charge >= 0.3 is 5.97 Å². The second-order valence-electron chi connectivity index (χ2n) is 4.38. The third kappa shape index (κ3) is 2.86. The van der Waals surface area contributed by atoms with Crippen LogP contribution in [-0.4, -0.2) is 16.1 Å². The van der Waals surface area contributed by atoms with Gasteiger partial charge in [0.1, 0.15) is 0 Å². The summed E-state index contributed by atoms with van der Waals surface area (Å²) in [5.41, 5.74) is 0.979. The first-order valence-electron chi connectivity index (χ1n) is 6.19. The predicted molar refractivity (Wildman–Crippen MR) is 84.3 cm³/mol. The van der Waals surface area contributed by atoms with Crippen molar-refractivity contribution in [2.75, 3.05) is 0 Å². The van der Waals surface area contributed by atoms with Crippen molar-refractivity contribution in [3.05, 3.63) is 65.3 Å². The Hall–Kier alpha value is -2.04. The van der Waals surface area contributed by atoms with E-state index in [2.05, 4.69) is 4.98 Å². The molecule has 0 spiro atoms. The molecule has 0 atom stereocenters. The molecule has 0 saturated heterocycles. The third-order valence-corrected chi connectivity index (χ3v) is 4.39. The van der Waals surface area contributed by atoms with Crippen LogP contribution in [0.1, 0.15) is 10.4 Å². The van der Waals surface area contributed by atoms with Crippen molar-refractivity contribution in [2.45, 2.75) is 9.79 Å².